The van der Waals surface area contributed by atoms with Crippen LogP contribution in [-0.4, -0.2) is 20.3 Å². The van der Waals surface area contributed by atoms with E-state index in [1.807, 2.05) is 18.5 Å². The van der Waals surface area contributed by atoms with Crippen molar-refractivity contribution < 1.29 is 4.79 Å². The van der Waals surface area contributed by atoms with E-state index in [4.69, 9.17) is 0 Å². The van der Waals surface area contributed by atoms with Crippen LogP contribution in [0.1, 0.15) is 21.2 Å². The van der Waals surface area contributed by atoms with Gasteiger partial charge in [0.2, 0.25) is 5.78 Å². The SMILES string of the molecule is Cc1c(/C=C/C(=O)c2nccs2)ncn1C. The minimum atomic E-state index is -0.0833. The van der Waals surface area contributed by atoms with Crippen molar-refractivity contribution in [1.82, 2.24) is 14.5 Å². The predicted molar refractivity (Wildman–Crippen MR) is 63.4 cm³/mol. The third kappa shape index (κ3) is 2.09. The highest BCUT2D eigenvalue weighted by atomic mass is 32.1. The number of aryl methyl sites for hydroxylation is 1. The molecule has 0 bridgehead atoms. The van der Waals surface area contributed by atoms with E-state index in [2.05, 4.69) is 9.97 Å². The van der Waals surface area contributed by atoms with Gasteiger partial charge in [-0.2, -0.15) is 0 Å². The molecule has 0 amide bonds. The van der Waals surface area contributed by atoms with Gasteiger partial charge in [-0.25, -0.2) is 9.97 Å². The van der Waals surface area contributed by atoms with E-state index in [-0.39, 0.29) is 5.78 Å². The Labute approximate surface area is 97.3 Å². The number of carbonyl (C=O) groups is 1. The van der Waals surface area contributed by atoms with Gasteiger partial charge in [-0.3, -0.25) is 4.79 Å². The number of hydrogen-bond donors (Lipinski definition) is 0. The van der Waals surface area contributed by atoms with Gasteiger partial charge in [-0.1, -0.05) is 0 Å². The average Bonchev–Trinajstić information content (AvgIpc) is 2.89. The van der Waals surface area contributed by atoms with Crippen molar-refractivity contribution in [3.05, 3.63) is 40.4 Å². The molecule has 2 heterocycles. The molecule has 0 atom stereocenters. The molecular weight excluding hydrogens is 222 g/mol. The average molecular weight is 233 g/mol. The van der Waals surface area contributed by atoms with E-state index in [0.29, 0.717) is 5.01 Å². The van der Waals surface area contributed by atoms with Crippen LogP contribution in [0.2, 0.25) is 0 Å². The Bertz CT molecular complexity index is 525. The van der Waals surface area contributed by atoms with Gasteiger partial charge >= 0.3 is 0 Å². The Balaban J connectivity index is 2.16. The summed E-state index contributed by atoms with van der Waals surface area (Å²) >= 11 is 1.34. The van der Waals surface area contributed by atoms with Crippen LogP contribution in [0.15, 0.2) is 24.0 Å². The van der Waals surface area contributed by atoms with E-state index in [0.717, 1.165) is 11.4 Å². The van der Waals surface area contributed by atoms with Crippen molar-refractivity contribution >= 4 is 23.2 Å². The number of imidazole rings is 1. The first-order valence-corrected chi connectivity index (χ1v) is 5.66. The molecule has 0 aliphatic heterocycles. The zero-order chi connectivity index (χ0) is 11.5. The van der Waals surface area contributed by atoms with Crippen LogP contribution in [0.3, 0.4) is 0 Å². The van der Waals surface area contributed by atoms with Crippen LogP contribution in [0.4, 0.5) is 0 Å². The Kier molecular flexibility index (Phi) is 2.96. The lowest BCUT2D eigenvalue weighted by Crippen LogP contribution is -1.93. The highest BCUT2D eigenvalue weighted by molar-refractivity contribution is 7.11. The Hall–Kier alpha value is -1.75. The van der Waals surface area contributed by atoms with Gasteiger partial charge in [0.05, 0.1) is 12.0 Å². The minimum absolute atomic E-state index is 0.0833. The van der Waals surface area contributed by atoms with E-state index in [1.165, 1.54) is 17.4 Å². The number of hydrogen-bond acceptors (Lipinski definition) is 4. The standard InChI is InChI=1S/C11H11N3OS/c1-8-9(13-7-14(8)2)3-4-10(15)11-12-5-6-16-11/h3-7H,1-2H3/b4-3+. The first-order chi connectivity index (χ1) is 7.68. The quantitative estimate of drug-likeness (QED) is 0.602. The second kappa shape index (κ2) is 4.40. The number of nitrogens with zero attached hydrogens (tertiary/aromatic N) is 3. The second-order valence-electron chi connectivity index (χ2n) is 3.36. The Morgan fingerprint density at radius 1 is 1.50 bits per heavy atom. The van der Waals surface area contributed by atoms with Crippen molar-refractivity contribution in [1.29, 1.82) is 0 Å². The molecule has 2 rings (SSSR count). The van der Waals surface area contributed by atoms with Crippen molar-refractivity contribution in [2.75, 3.05) is 0 Å². The van der Waals surface area contributed by atoms with Crippen molar-refractivity contribution in [2.45, 2.75) is 6.92 Å². The van der Waals surface area contributed by atoms with Gasteiger partial charge in [0.25, 0.3) is 0 Å². The summed E-state index contributed by atoms with van der Waals surface area (Å²) in [5.74, 6) is -0.0833. The van der Waals surface area contributed by atoms with Gasteiger partial charge in [0.15, 0.2) is 5.01 Å². The maximum absolute atomic E-state index is 11.6. The molecule has 0 radical (unpaired) electrons. The molecule has 0 unspecified atom stereocenters. The van der Waals surface area contributed by atoms with Gasteiger partial charge in [-0.05, 0) is 19.1 Å². The van der Waals surface area contributed by atoms with E-state index < -0.39 is 0 Å². The van der Waals surface area contributed by atoms with Crippen molar-refractivity contribution in [3.8, 4) is 0 Å². The smallest absolute Gasteiger partial charge is 0.214 e. The molecule has 0 fully saturated rings. The molecule has 0 aliphatic rings. The first-order valence-electron chi connectivity index (χ1n) is 4.78. The summed E-state index contributed by atoms with van der Waals surface area (Å²) in [4.78, 5) is 19.7. The summed E-state index contributed by atoms with van der Waals surface area (Å²) in [7, 11) is 1.92. The third-order valence-corrected chi connectivity index (χ3v) is 3.09. The number of ketones is 1. The van der Waals surface area contributed by atoms with E-state index >= 15 is 0 Å². The highest BCUT2D eigenvalue weighted by Crippen LogP contribution is 2.09. The second-order valence-corrected chi connectivity index (χ2v) is 4.26. The third-order valence-electron chi connectivity index (χ3n) is 2.31. The van der Waals surface area contributed by atoms with Crippen LogP contribution < -0.4 is 0 Å². The number of carbonyl (C=O) groups excluding carboxylic acids is 1. The molecule has 0 N–H and O–H groups in total. The van der Waals surface area contributed by atoms with E-state index in [9.17, 15) is 4.79 Å². The number of aromatic nitrogens is 3. The van der Waals surface area contributed by atoms with Gasteiger partial charge in [-0.15, -0.1) is 11.3 Å². The van der Waals surface area contributed by atoms with Crippen LogP contribution in [0.5, 0.6) is 0 Å². The molecular formula is C11H11N3OS. The summed E-state index contributed by atoms with van der Waals surface area (Å²) in [6, 6.07) is 0. The molecule has 0 aliphatic carbocycles. The fourth-order valence-corrected chi connectivity index (χ4v) is 1.80. The molecule has 0 saturated carbocycles. The topological polar surface area (TPSA) is 47.8 Å². The summed E-state index contributed by atoms with van der Waals surface area (Å²) in [5, 5.41) is 2.29. The van der Waals surface area contributed by atoms with E-state index in [1.54, 1.807) is 24.0 Å². The van der Waals surface area contributed by atoms with Crippen LogP contribution in [0.25, 0.3) is 6.08 Å². The monoisotopic (exact) mass is 233 g/mol. The molecule has 0 aromatic carbocycles. The summed E-state index contributed by atoms with van der Waals surface area (Å²) in [6.45, 7) is 1.96. The zero-order valence-corrected chi connectivity index (χ0v) is 9.86. The lowest BCUT2D eigenvalue weighted by atomic mass is 10.3. The highest BCUT2D eigenvalue weighted by Gasteiger charge is 2.05. The van der Waals surface area contributed by atoms with Crippen molar-refractivity contribution in [2.24, 2.45) is 7.05 Å². The summed E-state index contributed by atoms with van der Waals surface area (Å²) in [5.41, 5.74) is 1.84. The van der Waals surface area contributed by atoms with Crippen LogP contribution >= 0.6 is 11.3 Å². The van der Waals surface area contributed by atoms with Gasteiger partial charge in [0, 0.05) is 24.3 Å². The zero-order valence-electron chi connectivity index (χ0n) is 9.04. The predicted octanol–water partition coefficient (Wildman–Crippen LogP) is 2.08. The van der Waals surface area contributed by atoms with Gasteiger partial charge < -0.3 is 4.57 Å². The molecule has 0 saturated heterocycles. The largest absolute Gasteiger partial charge is 0.337 e. The molecule has 0 spiro atoms. The maximum Gasteiger partial charge on any atom is 0.214 e. The number of thiazole rings is 1. The molecule has 5 heteroatoms. The molecule has 16 heavy (non-hydrogen) atoms. The maximum atomic E-state index is 11.6. The minimum Gasteiger partial charge on any atom is -0.337 e. The first kappa shape index (κ1) is 10.8. The van der Waals surface area contributed by atoms with Crippen LogP contribution in [-0.2, 0) is 7.05 Å². The lowest BCUT2D eigenvalue weighted by molar-refractivity contribution is 0.104. The number of allylic oxidation sites excluding steroid dienone is 1. The van der Waals surface area contributed by atoms with Gasteiger partial charge in [0.1, 0.15) is 0 Å². The molecule has 4 nitrogen and oxygen atoms in total. The summed E-state index contributed by atoms with van der Waals surface area (Å²) in [6.07, 6.45) is 6.58. The molecule has 82 valence electrons. The fourth-order valence-electron chi connectivity index (χ4n) is 1.24. The number of rotatable bonds is 3. The molecule has 2 aromatic heterocycles. The Morgan fingerprint density at radius 3 is 2.88 bits per heavy atom. The molecule has 2 aromatic rings. The normalized spacial score (nSPS) is 11.1. The fraction of sp³-hybridized carbons (Fsp3) is 0.182. The van der Waals surface area contributed by atoms with Crippen LogP contribution in [0, 0.1) is 6.92 Å². The van der Waals surface area contributed by atoms with Crippen molar-refractivity contribution in [3.63, 3.8) is 0 Å². The lowest BCUT2D eigenvalue weighted by Gasteiger charge is -1.93. The Morgan fingerprint density at radius 2 is 2.31 bits per heavy atom. The summed E-state index contributed by atoms with van der Waals surface area (Å²) < 4.78 is 1.91.